The highest BCUT2D eigenvalue weighted by atomic mass is 35.5. The van der Waals surface area contributed by atoms with Crippen molar-refractivity contribution in [3.8, 4) is 11.3 Å². The fourth-order valence-electron chi connectivity index (χ4n) is 3.31. The first-order chi connectivity index (χ1) is 13.5. The minimum atomic E-state index is 0.703. The first-order valence-electron chi connectivity index (χ1n) is 9.84. The minimum Gasteiger partial charge on any atom is -0.385 e. The second-order valence-corrected chi connectivity index (χ2v) is 7.52. The van der Waals surface area contributed by atoms with E-state index in [2.05, 4.69) is 49.3 Å². The Morgan fingerprint density at radius 3 is 2.79 bits per heavy atom. The monoisotopic (exact) mass is 393 g/mol. The molecule has 1 aromatic heterocycles. The third kappa shape index (κ3) is 4.48. The van der Waals surface area contributed by atoms with Gasteiger partial charge in [0.15, 0.2) is 0 Å². The van der Waals surface area contributed by atoms with E-state index in [1.165, 1.54) is 11.3 Å². The van der Waals surface area contributed by atoms with Crippen molar-refractivity contribution in [2.24, 2.45) is 0 Å². The molecule has 2 N–H and O–H groups in total. The Kier molecular flexibility index (Phi) is 6.58. The van der Waals surface area contributed by atoms with Crippen LogP contribution in [0.5, 0.6) is 0 Å². The smallest absolute Gasteiger partial charge is 0.0741 e. The molecular formula is C24H28ClN3. The van der Waals surface area contributed by atoms with Gasteiger partial charge in [-0.1, -0.05) is 49.4 Å². The van der Waals surface area contributed by atoms with Gasteiger partial charge >= 0.3 is 0 Å². The number of aryl methyl sites for hydroxylation is 1. The van der Waals surface area contributed by atoms with Crippen molar-refractivity contribution >= 4 is 17.3 Å². The van der Waals surface area contributed by atoms with Crippen LogP contribution >= 0.6 is 11.6 Å². The number of nitrogens with one attached hydrogen (secondary N) is 2. The largest absolute Gasteiger partial charge is 0.385 e. The molecule has 0 spiro atoms. The van der Waals surface area contributed by atoms with Crippen molar-refractivity contribution in [1.82, 2.24) is 10.3 Å². The summed E-state index contributed by atoms with van der Waals surface area (Å²) in [4.78, 5) is 4.75. The van der Waals surface area contributed by atoms with Gasteiger partial charge in [0.1, 0.15) is 0 Å². The Morgan fingerprint density at radius 1 is 1.25 bits per heavy atom. The van der Waals surface area contributed by atoms with Gasteiger partial charge in [-0.3, -0.25) is 4.98 Å². The van der Waals surface area contributed by atoms with Crippen LogP contribution in [0.15, 0.2) is 66.0 Å². The van der Waals surface area contributed by atoms with Gasteiger partial charge in [0, 0.05) is 39.9 Å². The predicted molar refractivity (Wildman–Crippen MR) is 121 cm³/mol. The average molecular weight is 394 g/mol. The molecule has 1 aromatic carbocycles. The van der Waals surface area contributed by atoms with E-state index in [0.29, 0.717) is 5.02 Å². The number of hydrogen-bond donors (Lipinski definition) is 2. The second kappa shape index (κ2) is 9.11. The van der Waals surface area contributed by atoms with Crippen LogP contribution in [-0.2, 0) is 0 Å². The van der Waals surface area contributed by atoms with E-state index < -0.39 is 0 Å². The number of hydrogen-bond acceptors (Lipinski definition) is 3. The van der Waals surface area contributed by atoms with Crippen molar-refractivity contribution < 1.29 is 0 Å². The van der Waals surface area contributed by atoms with Gasteiger partial charge in [-0.2, -0.15) is 0 Å². The van der Waals surface area contributed by atoms with E-state index in [1.54, 1.807) is 0 Å². The normalized spacial score (nSPS) is 13.6. The van der Waals surface area contributed by atoms with Crippen LogP contribution < -0.4 is 10.6 Å². The van der Waals surface area contributed by atoms with Gasteiger partial charge in [0.25, 0.3) is 0 Å². The number of benzene rings is 1. The molecule has 0 bridgehead atoms. The first-order valence-corrected chi connectivity index (χ1v) is 10.2. The molecule has 0 atom stereocenters. The van der Waals surface area contributed by atoms with Crippen molar-refractivity contribution in [3.63, 3.8) is 0 Å². The molecule has 0 radical (unpaired) electrons. The highest BCUT2D eigenvalue weighted by Gasteiger charge is 2.15. The fraction of sp³-hybridized carbons (Fsp3) is 0.292. The molecule has 0 amide bonds. The van der Waals surface area contributed by atoms with E-state index in [0.717, 1.165) is 59.7 Å². The van der Waals surface area contributed by atoms with Crippen LogP contribution in [0.2, 0.25) is 5.02 Å². The van der Waals surface area contributed by atoms with E-state index in [9.17, 15) is 0 Å². The lowest BCUT2D eigenvalue weighted by atomic mass is 9.99. The number of pyridine rings is 1. The number of anilines is 1. The quantitative estimate of drug-likeness (QED) is 0.560. The maximum atomic E-state index is 6.40. The summed E-state index contributed by atoms with van der Waals surface area (Å²) >= 11 is 6.40. The Hall–Kier alpha value is -2.52. The van der Waals surface area contributed by atoms with Crippen LogP contribution in [0.25, 0.3) is 11.3 Å². The molecule has 1 heterocycles. The van der Waals surface area contributed by atoms with Gasteiger partial charge in [-0.05, 0) is 62.5 Å². The molecule has 0 fully saturated rings. The summed E-state index contributed by atoms with van der Waals surface area (Å²) in [6.07, 6.45) is 7.49. The zero-order valence-corrected chi connectivity index (χ0v) is 17.7. The first kappa shape index (κ1) is 20.2. The highest BCUT2D eigenvalue weighted by molar-refractivity contribution is 6.33. The summed E-state index contributed by atoms with van der Waals surface area (Å²) in [6, 6.07) is 9.87. The molecule has 0 saturated carbocycles. The molecule has 3 rings (SSSR count). The lowest BCUT2D eigenvalue weighted by Gasteiger charge is -2.22. The predicted octanol–water partition coefficient (Wildman–Crippen LogP) is 6.55. The Labute approximate surface area is 173 Å². The molecule has 1 aliphatic rings. The molecule has 3 nitrogen and oxygen atoms in total. The molecule has 28 heavy (non-hydrogen) atoms. The number of nitrogens with zero attached hydrogens (tertiary/aromatic N) is 1. The summed E-state index contributed by atoms with van der Waals surface area (Å²) in [5, 5.41) is 7.77. The molecule has 2 aromatic rings. The van der Waals surface area contributed by atoms with Crippen LogP contribution in [-0.4, -0.2) is 11.5 Å². The lowest BCUT2D eigenvalue weighted by molar-refractivity contribution is 0.761. The van der Waals surface area contributed by atoms with Gasteiger partial charge in [-0.25, -0.2) is 0 Å². The molecular weight excluding hydrogens is 366 g/mol. The maximum absolute atomic E-state index is 6.40. The number of allylic oxidation sites excluding steroid dienone is 3. The Bertz CT molecular complexity index is 941. The topological polar surface area (TPSA) is 37.0 Å². The van der Waals surface area contributed by atoms with Gasteiger partial charge in [-0.15, -0.1) is 0 Å². The van der Waals surface area contributed by atoms with E-state index in [-0.39, 0.29) is 0 Å². The summed E-state index contributed by atoms with van der Waals surface area (Å²) in [6.45, 7) is 11.6. The molecule has 1 aliphatic carbocycles. The van der Waals surface area contributed by atoms with E-state index in [4.69, 9.17) is 16.6 Å². The second-order valence-electron chi connectivity index (χ2n) is 7.11. The SMILES string of the molecule is C=C(Nc1cc(-c2ccccc2Cl)nc(C)c1C)C1=C(NCCC)C=CCC1. The Balaban J connectivity index is 1.93. The lowest BCUT2D eigenvalue weighted by Crippen LogP contribution is -2.18. The van der Waals surface area contributed by atoms with Crippen LogP contribution in [0.4, 0.5) is 5.69 Å². The molecule has 4 heteroatoms. The molecule has 0 unspecified atom stereocenters. The third-order valence-corrected chi connectivity index (χ3v) is 5.38. The minimum absolute atomic E-state index is 0.703. The van der Waals surface area contributed by atoms with E-state index >= 15 is 0 Å². The maximum Gasteiger partial charge on any atom is 0.0741 e. The summed E-state index contributed by atoms with van der Waals surface area (Å²) in [5.74, 6) is 0. The van der Waals surface area contributed by atoms with Crippen LogP contribution in [0, 0.1) is 13.8 Å². The van der Waals surface area contributed by atoms with Crippen LogP contribution in [0.1, 0.15) is 37.4 Å². The Morgan fingerprint density at radius 2 is 2.04 bits per heavy atom. The highest BCUT2D eigenvalue weighted by Crippen LogP contribution is 2.32. The number of aromatic nitrogens is 1. The van der Waals surface area contributed by atoms with Crippen LogP contribution in [0.3, 0.4) is 0 Å². The number of rotatable bonds is 7. The standard InChI is InChI=1S/C24H28ClN3/c1-5-14-26-22-13-9-7-10-19(22)18(4)28-23-15-24(27-17(3)16(23)2)20-11-6-8-12-21(20)25/h6,8-9,11-13,15,26H,4-5,7,10,14H2,1-3H3,(H,27,28). The van der Waals surface area contributed by atoms with Crippen molar-refractivity contribution in [1.29, 1.82) is 0 Å². The molecule has 0 saturated heterocycles. The van der Waals surface area contributed by atoms with Crippen molar-refractivity contribution in [2.45, 2.75) is 40.0 Å². The molecule has 146 valence electrons. The van der Waals surface area contributed by atoms with Gasteiger partial charge < -0.3 is 10.6 Å². The summed E-state index contributed by atoms with van der Waals surface area (Å²) in [5.41, 5.74) is 8.26. The zero-order chi connectivity index (χ0) is 20.1. The average Bonchev–Trinajstić information content (AvgIpc) is 2.70. The zero-order valence-electron chi connectivity index (χ0n) is 16.9. The summed E-state index contributed by atoms with van der Waals surface area (Å²) < 4.78 is 0. The van der Waals surface area contributed by atoms with Gasteiger partial charge in [0.05, 0.1) is 5.69 Å². The fourth-order valence-corrected chi connectivity index (χ4v) is 3.55. The summed E-state index contributed by atoms with van der Waals surface area (Å²) in [7, 11) is 0. The number of halogens is 1. The van der Waals surface area contributed by atoms with Crippen molar-refractivity contribution in [2.75, 3.05) is 11.9 Å². The van der Waals surface area contributed by atoms with E-state index in [1.807, 2.05) is 31.2 Å². The van der Waals surface area contributed by atoms with Crippen molar-refractivity contribution in [3.05, 3.63) is 82.3 Å². The van der Waals surface area contributed by atoms with Gasteiger partial charge in [0.2, 0.25) is 0 Å². The molecule has 0 aliphatic heterocycles. The third-order valence-electron chi connectivity index (χ3n) is 5.05.